The van der Waals surface area contributed by atoms with Gasteiger partial charge in [0.1, 0.15) is 0 Å². The minimum absolute atomic E-state index is 0. The Morgan fingerprint density at radius 1 is 0.619 bits per heavy atom. The predicted molar refractivity (Wildman–Crippen MR) is 274 cm³/mol. The van der Waals surface area contributed by atoms with E-state index in [0.29, 0.717) is 19.3 Å². The molecule has 0 aliphatic rings. The van der Waals surface area contributed by atoms with Crippen molar-refractivity contribution in [2.75, 3.05) is 14.2 Å². The van der Waals surface area contributed by atoms with E-state index in [-0.39, 0.29) is 43.5 Å². The van der Waals surface area contributed by atoms with Crippen molar-refractivity contribution in [3.63, 3.8) is 0 Å². The van der Waals surface area contributed by atoms with E-state index < -0.39 is 0 Å². The zero-order valence-corrected chi connectivity index (χ0v) is 43.1. The molecule has 0 unspecified atom stereocenters. The number of carbonyl (C=O) groups excluding carboxylic acids is 4. The van der Waals surface area contributed by atoms with Crippen LogP contribution in [0.5, 0.6) is 0 Å². The molecular weight excluding hydrogens is 877 g/mol. The maximum atomic E-state index is 11.2. The van der Waals surface area contributed by atoms with Crippen LogP contribution in [0.1, 0.15) is 108 Å². The lowest BCUT2D eigenvalue weighted by molar-refractivity contribution is -0.141. The Balaban J connectivity index is -0.000000353. The zero-order valence-electron chi connectivity index (χ0n) is 39.7. The van der Waals surface area contributed by atoms with Gasteiger partial charge in [-0.2, -0.15) is 48.8 Å². The van der Waals surface area contributed by atoms with Gasteiger partial charge in [-0.15, -0.1) is 0 Å². The van der Waals surface area contributed by atoms with E-state index >= 15 is 0 Å². The van der Waals surface area contributed by atoms with Crippen LogP contribution in [0.15, 0.2) is 84.4 Å². The Labute approximate surface area is 397 Å². The molecule has 0 saturated heterocycles. The van der Waals surface area contributed by atoms with Crippen molar-refractivity contribution in [2.45, 2.75) is 127 Å². The molecule has 3 aromatic rings. The van der Waals surface area contributed by atoms with E-state index in [0.717, 1.165) is 22.8 Å². The van der Waals surface area contributed by atoms with Gasteiger partial charge in [-0.1, -0.05) is 137 Å². The minimum Gasteiger partial charge on any atom is -0.469 e. The molecule has 3 rings (SSSR count). The summed E-state index contributed by atoms with van der Waals surface area (Å²) in [4.78, 5) is 43.3. The molecule has 12 N–H and O–H groups in total. The number of aryl methyl sites for hydroxylation is 3. The number of esters is 2. The van der Waals surface area contributed by atoms with Gasteiger partial charge in [-0.05, 0) is 51.3 Å². The number of hydrogen-bond acceptors (Lipinski definition) is 14. The standard InChI is InChI=1S/C14H20O2S.C13H20N2OS.C8H10S.C6H10O2.C5H12N2OS.H4N2.H2O/c1-11-5-7-12(8-6-11)10-17-14(2,3)9-13(15)16-4;1-10-4-6-11(7-5-10)9-17-13(2,3)8-12(16)15-14;1-7-2-4-8(6-9)5-3-7;1-5(2)4-6(7)8-3;1-5(2,9)3-4(8)7-6;1-2;/h5-8H,9-10H2,1-4H3;4-7H,8-9,14H2,1-3H3,(H,15,16);2-5,9H,6H2,1H3;4H,1-3H3;9H,3,6H2,1-2H3,(H,7,8);1-2H2;1H2. The summed E-state index contributed by atoms with van der Waals surface area (Å²) >= 11 is 11.8. The first kappa shape index (κ1) is 66.1. The van der Waals surface area contributed by atoms with Gasteiger partial charge in [-0.25, -0.2) is 16.5 Å². The Kier molecular flexibility index (Phi) is 38.6. The van der Waals surface area contributed by atoms with Crippen molar-refractivity contribution < 1.29 is 34.1 Å². The first-order chi connectivity index (χ1) is 28.8. The number of amides is 2. The SMILES string of the molecule is CC(C)(S)CC(=O)NN.COC(=O)C=C(C)C.COC(=O)CC(C)(C)SCc1ccc(C)cc1.Cc1ccc(CS)cc1.Cc1ccc(CSC(C)(C)CC(=O)NN)cc1.NN.O. The Bertz CT molecular complexity index is 1640. The van der Waals surface area contributed by atoms with Crippen molar-refractivity contribution in [3.05, 3.63) is 118 Å². The smallest absolute Gasteiger partial charge is 0.330 e. The number of nitrogens with one attached hydrogen (secondary N) is 2. The van der Waals surface area contributed by atoms with Crippen LogP contribution < -0.4 is 34.2 Å². The first-order valence-electron chi connectivity index (χ1n) is 19.7. The van der Waals surface area contributed by atoms with Gasteiger partial charge in [0.15, 0.2) is 0 Å². The second-order valence-electron chi connectivity index (χ2n) is 16.0. The third-order valence-electron chi connectivity index (χ3n) is 7.71. The van der Waals surface area contributed by atoms with Crippen LogP contribution in [-0.4, -0.2) is 57.7 Å². The number of thiol groups is 2. The van der Waals surface area contributed by atoms with E-state index in [2.05, 4.69) is 168 Å². The molecule has 358 valence electrons. The van der Waals surface area contributed by atoms with Crippen LogP contribution in [0.2, 0.25) is 0 Å². The lowest BCUT2D eigenvalue weighted by atomic mass is 10.1. The number of hydrogen-bond donors (Lipinski definition) is 8. The van der Waals surface area contributed by atoms with Gasteiger partial charge in [0, 0.05) is 50.4 Å². The molecule has 0 aliphatic heterocycles. The lowest BCUT2D eigenvalue weighted by Gasteiger charge is -2.22. The van der Waals surface area contributed by atoms with Crippen molar-refractivity contribution in [3.8, 4) is 0 Å². The highest BCUT2D eigenvalue weighted by Gasteiger charge is 2.23. The van der Waals surface area contributed by atoms with E-state index in [1.807, 2.05) is 33.1 Å². The normalized spacial score (nSPS) is 10.1. The van der Waals surface area contributed by atoms with Gasteiger partial charge >= 0.3 is 11.9 Å². The molecule has 0 aliphatic carbocycles. The van der Waals surface area contributed by atoms with Crippen molar-refractivity contribution in [2.24, 2.45) is 23.4 Å². The maximum absolute atomic E-state index is 11.2. The van der Waals surface area contributed by atoms with Crippen LogP contribution in [0, 0.1) is 20.8 Å². The monoisotopic (exact) mass is 954 g/mol. The number of benzene rings is 3. The highest BCUT2D eigenvalue weighted by atomic mass is 32.2. The van der Waals surface area contributed by atoms with E-state index in [4.69, 9.17) is 16.4 Å². The number of carbonyl (C=O) groups is 4. The lowest BCUT2D eigenvalue weighted by Crippen LogP contribution is -2.35. The molecule has 17 heteroatoms. The van der Waals surface area contributed by atoms with Crippen LogP contribution in [0.25, 0.3) is 0 Å². The van der Waals surface area contributed by atoms with Gasteiger partial charge < -0.3 is 14.9 Å². The molecule has 0 spiro atoms. The van der Waals surface area contributed by atoms with E-state index in [9.17, 15) is 19.2 Å². The fourth-order valence-electron chi connectivity index (χ4n) is 4.32. The highest BCUT2D eigenvalue weighted by molar-refractivity contribution is 8.00. The molecule has 0 saturated carbocycles. The average molecular weight is 955 g/mol. The highest BCUT2D eigenvalue weighted by Crippen LogP contribution is 2.32. The summed E-state index contributed by atoms with van der Waals surface area (Å²) in [6.07, 6.45) is 2.66. The molecular formula is C46H78N6O7S4. The second-order valence-corrected chi connectivity index (χ2v) is 20.9. The molecule has 0 fully saturated rings. The summed E-state index contributed by atoms with van der Waals surface area (Å²) in [5.74, 6) is 19.9. The second kappa shape index (κ2) is 36.8. The molecule has 3 aromatic carbocycles. The number of hydrazine groups is 3. The Hall–Kier alpha value is -3.52. The van der Waals surface area contributed by atoms with Gasteiger partial charge in [0.25, 0.3) is 0 Å². The third kappa shape index (κ3) is 41.0. The van der Waals surface area contributed by atoms with Gasteiger partial charge in [0.2, 0.25) is 11.8 Å². The Morgan fingerprint density at radius 2 is 0.952 bits per heavy atom. The van der Waals surface area contributed by atoms with Gasteiger partial charge in [0.05, 0.1) is 20.6 Å². The molecule has 0 radical (unpaired) electrons. The molecule has 63 heavy (non-hydrogen) atoms. The number of ether oxygens (including phenoxy) is 2. The Morgan fingerprint density at radius 3 is 1.21 bits per heavy atom. The molecule has 2 amide bonds. The molecule has 0 atom stereocenters. The van der Waals surface area contributed by atoms with E-state index in [1.165, 1.54) is 53.7 Å². The summed E-state index contributed by atoms with van der Waals surface area (Å²) in [5.41, 5.74) is 12.9. The van der Waals surface area contributed by atoms with Crippen molar-refractivity contribution >= 4 is 72.5 Å². The fraction of sp³-hybridized carbons (Fsp3) is 0.478. The number of methoxy groups -OCH3 is 2. The largest absolute Gasteiger partial charge is 0.469 e. The van der Waals surface area contributed by atoms with Crippen LogP contribution in [0.3, 0.4) is 0 Å². The zero-order chi connectivity index (χ0) is 48.5. The number of thioether (sulfide) groups is 2. The maximum Gasteiger partial charge on any atom is 0.330 e. The summed E-state index contributed by atoms with van der Waals surface area (Å²) < 4.78 is 8.58. The van der Waals surface area contributed by atoms with Crippen molar-refractivity contribution in [1.29, 1.82) is 0 Å². The molecule has 0 bridgehead atoms. The van der Waals surface area contributed by atoms with E-state index in [1.54, 1.807) is 23.5 Å². The van der Waals surface area contributed by atoms with Crippen LogP contribution in [-0.2, 0) is 45.9 Å². The minimum atomic E-state index is -0.287. The molecule has 13 nitrogen and oxygen atoms in total. The quantitative estimate of drug-likeness (QED) is 0.0195. The van der Waals surface area contributed by atoms with Crippen molar-refractivity contribution in [1.82, 2.24) is 10.9 Å². The summed E-state index contributed by atoms with van der Waals surface area (Å²) in [7, 11) is 2.80. The number of rotatable bonds is 14. The first-order valence-corrected chi connectivity index (χ1v) is 22.8. The average Bonchev–Trinajstić information content (AvgIpc) is 3.21. The van der Waals surface area contributed by atoms with Gasteiger partial charge in [-0.3, -0.25) is 36.9 Å². The fourth-order valence-corrected chi connectivity index (χ4v) is 6.62. The number of allylic oxidation sites excluding steroid dienone is 1. The molecule has 0 aromatic heterocycles. The summed E-state index contributed by atoms with van der Waals surface area (Å²) in [6, 6.07) is 25.4. The number of nitrogens with two attached hydrogens (primary N) is 4. The van der Waals surface area contributed by atoms with Crippen LogP contribution >= 0.6 is 48.8 Å². The topological polar surface area (TPSA) is 246 Å². The van der Waals surface area contributed by atoms with Crippen LogP contribution in [0.4, 0.5) is 0 Å². The predicted octanol–water partition coefficient (Wildman–Crippen LogP) is 7.58. The molecule has 0 heterocycles. The third-order valence-corrected chi connectivity index (χ3v) is 11.0. The summed E-state index contributed by atoms with van der Waals surface area (Å²) in [6.45, 7) is 21.9. The summed E-state index contributed by atoms with van der Waals surface area (Å²) in [5, 5.41) is 0.